The van der Waals surface area contributed by atoms with E-state index in [9.17, 15) is 17.6 Å². The predicted octanol–water partition coefficient (Wildman–Crippen LogP) is 0.789. The van der Waals surface area contributed by atoms with Crippen molar-refractivity contribution < 1.29 is 17.6 Å². The van der Waals surface area contributed by atoms with Crippen LogP contribution < -0.4 is 10.6 Å². The SMILES string of the molecule is CCS(=O)(=O)CCNCC(=O)Nc1ccc(F)cc1. The number of nitrogens with one attached hydrogen (secondary N) is 2. The number of hydrogen-bond acceptors (Lipinski definition) is 4. The highest BCUT2D eigenvalue weighted by Crippen LogP contribution is 2.07. The molecule has 2 N–H and O–H groups in total. The average molecular weight is 288 g/mol. The summed E-state index contributed by atoms with van der Waals surface area (Å²) in [5.74, 6) is -0.578. The molecule has 1 rings (SSSR count). The fraction of sp³-hybridized carbons (Fsp3) is 0.417. The van der Waals surface area contributed by atoms with Gasteiger partial charge in [-0.3, -0.25) is 4.79 Å². The van der Waals surface area contributed by atoms with Crippen LogP contribution in [0.15, 0.2) is 24.3 Å². The molecule has 0 spiro atoms. The number of sulfone groups is 1. The van der Waals surface area contributed by atoms with Crippen molar-refractivity contribution in [1.29, 1.82) is 0 Å². The van der Waals surface area contributed by atoms with Crippen LogP contribution in [0.5, 0.6) is 0 Å². The van der Waals surface area contributed by atoms with Gasteiger partial charge in [-0.1, -0.05) is 6.92 Å². The highest BCUT2D eigenvalue weighted by Gasteiger charge is 2.07. The highest BCUT2D eigenvalue weighted by atomic mass is 32.2. The molecule has 0 saturated heterocycles. The molecule has 0 radical (unpaired) electrons. The van der Waals surface area contributed by atoms with E-state index in [1.165, 1.54) is 24.3 Å². The Labute approximate surface area is 112 Å². The first-order chi connectivity index (χ1) is 8.93. The maximum Gasteiger partial charge on any atom is 0.238 e. The minimum absolute atomic E-state index is 0.00727. The van der Waals surface area contributed by atoms with Gasteiger partial charge in [-0.15, -0.1) is 0 Å². The fourth-order valence-electron chi connectivity index (χ4n) is 1.31. The van der Waals surface area contributed by atoms with E-state index in [0.717, 1.165) is 0 Å². The van der Waals surface area contributed by atoms with Crippen LogP contribution in [0.3, 0.4) is 0 Å². The monoisotopic (exact) mass is 288 g/mol. The Hall–Kier alpha value is -1.47. The summed E-state index contributed by atoms with van der Waals surface area (Å²) in [5, 5.41) is 5.31. The Bertz CT molecular complexity index is 514. The summed E-state index contributed by atoms with van der Waals surface area (Å²) < 4.78 is 35.0. The zero-order valence-corrected chi connectivity index (χ0v) is 11.5. The molecule has 0 saturated carbocycles. The number of hydrogen-bond donors (Lipinski definition) is 2. The Kier molecular flexibility index (Phi) is 5.91. The first-order valence-electron chi connectivity index (χ1n) is 5.89. The van der Waals surface area contributed by atoms with Gasteiger partial charge in [-0.25, -0.2) is 12.8 Å². The molecule has 0 aliphatic carbocycles. The topological polar surface area (TPSA) is 75.3 Å². The van der Waals surface area contributed by atoms with Crippen molar-refractivity contribution in [1.82, 2.24) is 5.32 Å². The summed E-state index contributed by atoms with van der Waals surface area (Å²) in [7, 11) is -3.02. The van der Waals surface area contributed by atoms with Crippen molar-refractivity contribution in [2.24, 2.45) is 0 Å². The number of benzene rings is 1. The van der Waals surface area contributed by atoms with Crippen LogP contribution in [-0.2, 0) is 14.6 Å². The molecular formula is C12H17FN2O3S. The number of amides is 1. The molecule has 1 amide bonds. The number of carbonyl (C=O) groups is 1. The van der Waals surface area contributed by atoms with Gasteiger partial charge in [0.15, 0.2) is 9.84 Å². The van der Waals surface area contributed by atoms with E-state index in [-0.39, 0.29) is 36.3 Å². The van der Waals surface area contributed by atoms with Crippen molar-refractivity contribution in [2.45, 2.75) is 6.92 Å². The van der Waals surface area contributed by atoms with E-state index >= 15 is 0 Å². The zero-order chi connectivity index (χ0) is 14.3. The molecule has 1 aromatic rings. The average Bonchev–Trinajstić information content (AvgIpc) is 2.38. The van der Waals surface area contributed by atoms with Crippen LogP contribution in [0.25, 0.3) is 0 Å². The Morgan fingerprint density at radius 1 is 1.26 bits per heavy atom. The minimum Gasteiger partial charge on any atom is -0.325 e. The van der Waals surface area contributed by atoms with Crippen molar-refractivity contribution in [2.75, 3.05) is 29.9 Å². The second-order valence-corrected chi connectivity index (χ2v) is 6.44. The van der Waals surface area contributed by atoms with Crippen molar-refractivity contribution in [3.05, 3.63) is 30.1 Å². The number of carbonyl (C=O) groups excluding carboxylic acids is 1. The number of halogens is 1. The van der Waals surface area contributed by atoms with Crippen LogP contribution in [0.4, 0.5) is 10.1 Å². The zero-order valence-electron chi connectivity index (χ0n) is 10.6. The van der Waals surface area contributed by atoms with Crippen LogP contribution in [0.1, 0.15) is 6.92 Å². The largest absolute Gasteiger partial charge is 0.325 e. The van der Waals surface area contributed by atoms with Gasteiger partial charge in [0.25, 0.3) is 0 Å². The molecule has 1 aromatic carbocycles. The second kappa shape index (κ2) is 7.20. The lowest BCUT2D eigenvalue weighted by molar-refractivity contribution is -0.115. The molecule has 0 bridgehead atoms. The standard InChI is InChI=1S/C12H17FN2O3S/c1-2-19(17,18)8-7-14-9-12(16)15-11-5-3-10(13)4-6-11/h3-6,14H,2,7-9H2,1H3,(H,15,16). The van der Waals surface area contributed by atoms with Gasteiger partial charge >= 0.3 is 0 Å². The van der Waals surface area contributed by atoms with E-state index in [2.05, 4.69) is 10.6 Å². The molecular weight excluding hydrogens is 271 g/mol. The van der Waals surface area contributed by atoms with Gasteiger partial charge < -0.3 is 10.6 Å². The van der Waals surface area contributed by atoms with Gasteiger partial charge in [-0.05, 0) is 24.3 Å². The summed E-state index contributed by atoms with van der Waals surface area (Å²) in [6.45, 7) is 1.82. The van der Waals surface area contributed by atoms with Gasteiger partial charge in [-0.2, -0.15) is 0 Å². The first kappa shape index (κ1) is 15.6. The Morgan fingerprint density at radius 2 is 1.89 bits per heavy atom. The van der Waals surface area contributed by atoms with E-state index in [4.69, 9.17) is 0 Å². The fourth-order valence-corrected chi connectivity index (χ4v) is 2.06. The summed E-state index contributed by atoms with van der Waals surface area (Å²) in [5.41, 5.74) is 0.495. The van der Waals surface area contributed by atoms with E-state index < -0.39 is 9.84 Å². The summed E-state index contributed by atoms with van der Waals surface area (Å²) in [6.07, 6.45) is 0. The predicted molar refractivity (Wildman–Crippen MR) is 72.2 cm³/mol. The smallest absolute Gasteiger partial charge is 0.238 e. The lowest BCUT2D eigenvalue weighted by Crippen LogP contribution is -2.31. The molecule has 0 fully saturated rings. The summed E-state index contributed by atoms with van der Waals surface area (Å²) in [6, 6.07) is 5.40. The molecule has 19 heavy (non-hydrogen) atoms. The minimum atomic E-state index is -3.02. The molecule has 0 aliphatic rings. The molecule has 106 valence electrons. The Balaban J connectivity index is 2.27. The molecule has 7 heteroatoms. The quantitative estimate of drug-likeness (QED) is 0.727. The number of rotatable bonds is 7. The van der Waals surface area contributed by atoms with Gasteiger partial charge in [0.1, 0.15) is 5.82 Å². The first-order valence-corrected chi connectivity index (χ1v) is 7.71. The highest BCUT2D eigenvalue weighted by molar-refractivity contribution is 7.91. The van der Waals surface area contributed by atoms with E-state index in [1.807, 2.05) is 0 Å². The van der Waals surface area contributed by atoms with Crippen LogP contribution >= 0.6 is 0 Å². The van der Waals surface area contributed by atoms with Crippen molar-refractivity contribution in [3.63, 3.8) is 0 Å². The van der Waals surface area contributed by atoms with Crippen LogP contribution in [0.2, 0.25) is 0 Å². The van der Waals surface area contributed by atoms with Crippen LogP contribution in [0, 0.1) is 5.82 Å². The summed E-state index contributed by atoms with van der Waals surface area (Å²) in [4.78, 5) is 11.5. The van der Waals surface area contributed by atoms with Crippen molar-refractivity contribution >= 4 is 21.4 Å². The van der Waals surface area contributed by atoms with Crippen LogP contribution in [-0.4, -0.2) is 38.9 Å². The molecule has 0 heterocycles. The molecule has 0 atom stereocenters. The van der Waals surface area contributed by atoms with Gasteiger partial charge in [0.05, 0.1) is 12.3 Å². The molecule has 0 aliphatic heterocycles. The third-order valence-corrected chi connectivity index (χ3v) is 4.15. The lowest BCUT2D eigenvalue weighted by atomic mass is 10.3. The normalized spacial score (nSPS) is 11.3. The third kappa shape index (κ3) is 6.30. The molecule has 0 aromatic heterocycles. The maximum atomic E-state index is 12.6. The van der Waals surface area contributed by atoms with Gasteiger partial charge in [0.2, 0.25) is 5.91 Å². The van der Waals surface area contributed by atoms with Crippen molar-refractivity contribution in [3.8, 4) is 0 Å². The van der Waals surface area contributed by atoms with E-state index in [1.54, 1.807) is 6.92 Å². The molecule has 0 unspecified atom stereocenters. The van der Waals surface area contributed by atoms with Gasteiger partial charge in [0, 0.05) is 18.0 Å². The second-order valence-electron chi connectivity index (χ2n) is 3.97. The Morgan fingerprint density at radius 3 is 2.47 bits per heavy atom. The summed E-state index contributed by atoms with van der Waals surface area (Å²) >= 11 is 0. The third-order valence-electron chi connectivity index (χ3n) is 2.44. The number of anilines is 1. The molecule has 5 nitrogen and oxygen atoms in total. The maximum absolute atomic E-state index is 12.6. The van der Waals surface area contributed by atoms with E-state index in [0.29, 0.717) is 5.69 Å². The lowest BCUT2D eigenvalue weighted by Gasteiger charge is -2.06.